The van der Waals surface area contributed by atoms with E-state index in [4.69, 9.17) is 0 Å². The second kappa shape index (κ2) is 6.19. The number of halogens is 3. The zero-order valence-corrected chi connectivity index (χ0v) is 11.5. The lowest BCUT2D eigenvalue weighted by molar-refractivity contribution is -0.176. The number of thiazole rings is 1. The maximum atomic E-state index is 12.0. The standard InChI is InChI=1S/C12H17F3N2OS/c1-16-5-8-3-2-4-9-11(8)17-10(19-9)6-18-7-12(13,14)15/h8,16H,2-7H2,1H3. The highest BCUT2D eigenvalue weighted by molar-refractivity contribution is 7.11. The zero-order chi connectivity index (χ0) is 13.9. The Morgan fingerprint density at radius 3 is 2.95 bits per heavy atom. The SMILES string of the molecule is CNCC1CCCc2sc(COCC(F)(F)F)nc21. The first-order chi connectivity index (χ1) is 8.99. The number of ether oxygens (including phenoxy) is 1. The molecule has 0 saturated carbocycles. The van der Waals surface area contributed by atoms with Gasteiger partial charge in [-0.15, -0.1) is 11.3 Å². The molecule has 0 aromatic carbocycles. The van der Waals surface area contributed by atoms with Crippen molar-refractivity contribution >= 4 is 11.3 Å². The van der Waals surface area contributed by atoms with Gasteiger partial charge in [-0.1, -0.05) is 0 Å². The average molecular weight is 294 g/mol. The minimum absolute atomic E-state index is 0.0521. The van der Waals surface area contributed by atoms with E-state index in [0.717, 1.165) is 31.5 Å². The molecule has 1 aliphatic rings. The number of aryl methyl sites for hydroxylation is 1. The minimum Gasteiger partial charge on any atom is -0.365 e. The average Bonchev–Trinajstić information content (AvgIpc) is 2.71. The molecule has 108 valence electrons. The normalized spacial score (nSPS) is 19.5. The summed E-state index contributed by atoms with van der Waals surface area (Å²) in [5.41, 5.74) is 1.05. The summed E-state index contributed by atoms with van der Waals surface area (Å²) in [6.07, 6.45) is -1.09. The van der Waals surface area contributed by atoms with Gasteiger partial charge in [-0.25, -0.2) is 4.98 Å². The summed E-state index contributed by atoms with van der Waals surface area (Å²) in [6.45, 7) is -0.403. The Morgan fingerprint density at radius 1 is 1.47 bits per heavy atom. The van der Waals surface area contributed by atoms with E-state index in [-0.39, 0.29) is 6.61 Å². The Hall–Kier alpha value is -0.660. The van der Waals surface area contributed by atoms with Crippen molar-refractivity contribution in [2.75, 3.05) is 20.2 Å². The van der Waals surface area contributed by atoms with Gasteiger partial charge in [0.2, 0.25) is 0 Å². The van der Waals surface area contributed by atoms with E-state index in [0.29, 0.717) is 10.9 Å². The van der Waals surface area contributed by atoms with Gasteiger partial charge in [0.25, 0.3) is 0 Å². The van der Waals surface area contributed by atoms with Crippen LogP contribution in [-0.4, -0.2) is 31.4 Å². The van der Waals surface area contributed by atoms with Crippen LogP contribution < -0.4 is 5.32 Å². The first-order valence-corrected chi connectivity index (χ1v) is 7.09. The fourth-order valence-electron chi connectivity index (χ4n) is 2.32. The van der Waals surface area contributed by atoms with Crippen molar-refractivity contribution in [2.45, 2.75) is 38.0 Å². The molecular formula is C12H17F3N2OS. The summed E-state index contributed by atoms with van der Waals surface area (Å²) < 4.78 is 40.7. The molecule has 0 aliphatic heterocycles. The van der Waals surface area contributed by atoms with E-state index in [2.05, 4.69) is 15.0 Å². The molecular weight excluding hydrogens is 277 g/mol. The van der Waals surface area contributed by atoms with Crippen molar-refractivity contribution in [3.63, 3.8) is 0 Å². The van der Waals surface area contributed by atoms with E-state index in [9.17, 15) is 13.2 Å². The molecule has 1 N–H and O–H groups in total. The number of nitrogens with zero attached hydrogens (tertiary/aromatic N) is 1. The highest BCUT2D eigenvalue weighted by Crippen LogP contribution is 2.34. The molecule has 0 fully saturated rings. The third-order valence-electron chi connectivity index (χ3n) is 3.06. The van der Waals surface area contributed by atoms with Gasteiger partial charge in [-0.2, -0.15) is 13.2 Å². The van der Waals surface area contributed by atoms with Crippen LogP contribution in [0.3, 0.4) is 0 Å². The van der Waals surface area contributed by atoms with Gasteiger partial charge >= 0.3 is 6.18 Å². The van der Waals surface area contributed by atoms with Crippen LogP contribution in [-0.2, 0) is 17.8 Å². The molecule has 1 aromatic rings. The number of hydrogen-bond acceptors (Lipinski definition) is 4. The van der Waals surface area contributed by atoms with E-state index < -0.39 is 12.8 Å². The Bertz CT molecular complexity index is 420. The van der Waals surface area contributed by atoms with Gasteiger partial charge in [0.05, 0.1) is 12.3 Å². The molecule has 19 heavy (non-hydrogen) atoms. The molecule has 1 unspecified atom stereocenters. The van der Waals surface area contributed by atoms with E-state index in [1.807, 2.05) is 7.05 Å². The maximum Gasteiger partial charge on any atom is 0.411 e. The molecule has 3 nitrogen and oxygen atoms in total. The zero-order valence-electron chi connectivity index (χ0n) is 10.7. The molecule has 1 atom stereocenters. The van der Waals surface area contributed by atoms with E-state index >= 15 is 0 Å². The lowest BCUT2D eigenvalue weighted by Gasteiger charge is -2.20. The predicted molar refractivity (Wildman–Crippen MR) is 67.4 cm³/mol. The van der Waals surface area contributed by atoms with Crippen molar-refractivity contribution < 1.29 is 17.9 Å². The van der Waals surface area contributed by atoms with Crippen LogP contribution in [0.2, 0.25) is 0 Å². The number of hydrogen-bond donors (Lipinski definition) is 1. The van der Waals surface area contributed by atoms with Crippen molar-refractivity contribution in [3.8, 4) is 0 Å². The van der Waals surface area contributed by atoms with Crippen LogP contribution in [0.4, 0.5) is 13.2 Å². The van der Waals surface area contributed by atoms with Crippen molar-refractivity contribution in [3.05, 3.63) is 15.6 Å². The van der Waals surface area contributed by atoms with Gasteiger partial charge in [-0.05, 0) is 26.3 Å². The monoisotopic (exact) mass is 294 g/mol. The molecule has 1 heterocycles. The third-order valence-corrected chi connectivity index (χ3v) is 4.16. The van der Waals surface area contributed by atoms with Crippen molar-refractivity contribution in [1.82, 2.24) is 10.3 Å². The Kier molecular flexibility index (Phi) is 4.81. The molecule has 1 aliphatic carbocycles. The van der Waals surface area contributed by atoms with Crippen LogP contribution >= 0.6 is 11.3 Å². The van der Waals surface area contributed by atoms with Crippen LogP contribution in [0, 0.1) is 0 Å². The smallest absolute Gasteiger partial charge is 0.365 e. The van der Waals surface area contributed by atoms with E-state index in [1.165, 1.54) is 16.2 Å². The number of nitrogens with one attached hydrogen (secondary N) is 1. The maximum absolute atomic E-state index is 12.0. The number of rotatable bonds is 5. The number of likely N-dealkylation sites (N-methyl/N-ethyl adjacent to an activating group) is 1. The molecule has 0 saturated heterocycles. The van der Waals surface area contributed by atoms with Crippen molar-refractivity contribution in [1.29, 1.82) is 0 Å². The summed E-state index contributed by atoms with van der Waals surface area (Å²) >= 11 is 1.48. The lowest BCUT2D eigenvalue weighted by Crippen LogP contribution is -2.21. The van der Waals surface area contributed by atoms with Gasteiger partial charge in [0.1, 0.15) is 11.6 Å². The second-order valence-corrected chi connectivity index (χ2v) is 5.84. The summed E-state index contributed by atoms with van der Waals surface area (Å²) in [6, 6.07) is 0. The van der Waals surface area contributed by atoms with Crippen LogP contribution in [0.15, 0.2) is 0 Å². The largest absolute Gasteiger partial charge is 0.411 e. The first kappa shape index (κ1) is 14.7. The van der Waals surface area contributed by atoms with Crippen LogP contribution in [0.1, 0.15) is 34.3 Å². The van der Waals surface area contributed by atoms with Gasteiger partial charge < -0.3 is 10.1 Å². The summed E-state index contributed by atoms with van der Waals surface area (Å²) in [4.78, 5) is 5.66. The summed E-state index contributed by atoms with van der Waals surface area (Å²) in [5.74, 6) is 0.376. The third kappa shape index (κ3) is 4.15. The molecule has 0 radical (unpaired) electrons. The summed E-state index contributed by atoms with van der Waals surface area (Å²) in [5, 5.41) is 3.79. The van der Waals surface area contributed by atoms with Crippen LogP contribution in [0.25, 0.3) is 0 Å². The van der Waals surface area contributed by atoms with Crippen LogP contribution in [0.5, 0.6) is 0 Å². The Morgan fingerprint density at radius 2 is 2.26 bits per heavy atom. The first-order valence-electron chi connectivity index (χ1n) is 6.27. The van der Waals surface area contributed by atoms with Gasteiger partial charge in [0, 0.05) is 17.3 Å². The number of aromatic nitrogens is 1. The lowest BCUT2D eigenvalue weighted by atomic mass is 9.91. The van der Waals surface area contributed by atoms with E-state index in [1.54, 1.807) is 0 Å². The molecule has 0 bridgehead atoms. The molecule has 2 rings (SSSR count). The Balaban J connectivity index is 1.97. The van der Waals surface area contributed by atoms with Crippen molar-refractivity contribution in [2.24, 2.45) is 0 Å². The predicted octanol–water partition coefficient (Wildman–Crippen LogP) is 2.86. The molecule has 0 spiro atoms. The summed E-state index contributed by atoms with van der Waals surface area (Å²) in [7, 11) is 1.90. The van der Waals surface area contributed by atoms with Gasteiger partial charge in [0.15, 0.2) is 0 Å². The highest BCUT2D eigenvalue weighted by Gasteiger charge is 2.28. The molecule has 0 amide bonds. The fourth-order valence-corrected chi connectivity index (χ4v) is 3.45. The second-order valence-electron chi connectivity index (χ2n) is 4.67. The fraction of sp³-hybridized carbons (Fsp3) is 0.750. The number of alkyl halides is 3. The minimum atomic E-state index is -4.27. The topological polar surface area (TPSA) is 34.1 Å². The Labute approximate surface area is 114 Å². The quantitative estimate of drug-likeness (QED) is 0.906. The highest BCUT2D eigenvalue weighted by atomic mass is 32.1. The van der Waals surface area contributed by atoms with Gasteiger partial charge in [-0.3, -0.25) is 0 Å². The molecule has 7 heteroatoms. The molecule has 1 aromatic heterocycles. The number of fused-ring (bicyclic) bond motifs is 1.